The van der Waals surface area contributed by atoms with Gasteiger partial charge < -0.3 is 19.5 Å². The summed E-state index contributed by atoms with van der Waals surface area (Å²) >= 11 is 6.41. The maximum Gasteiger partial charge on any atom is 0.335 e. The molecule has 1 aliphatic carbocycles. The van der Waals surface area contributed by atoms with Gasteiger partial charge in [-0.2, -0.15) is 0 Å². The molecule has 6 nitrogen and oxygen atoms in total. The average Bonchev–Trinajstić information content (AvgIpc) is 3.13. The minimum atomic E-state index is -1.04. The van der Waals surface area contributed by atoms with Crippen molar-refractivity contribution in [1.29, 1.82) is 0 Å². The Hall–Kier alpha value is -2.90. The number of aromatic carboxylic acids is 1. The molecule has 1 fully saturated rings. The number of likely N-dealkylation sites (N-methyl/N-ethyl adjacent to an activating group) is 1. The van der Waals surface area contributed by atoms with Crippen LogP contribution in [0.15, 0.2) is 36.4 Å². The average molecular weight is 512 g/mol. The summed E-state index contributed by atoms with van der Waals surface area (Å²) in [6.07, 6.45) is 2.05. The predicted molar refractivity (Wildman–Crippen MR) is 139 cm³/mol. The summed E-state index contributed by atoms with van der Waals surface area (Å²) in [4.78, 5) is 29.3. The van der Waals surface area contributed by atoms with Crippen LogP contribution in [0.2, 0.25) is 5.02 Å². The number of rotatable bonds is 5. The zero-order valence-electron chi connectivity index (χ0n) is 20.6. The van der Waals surface area contributed by atoms with E-state index in [2.05, 4.69) is 0 Å². The third kappa shape index (κ3) is 4.50. The van der Waals surface area contributed by atoms with Crippen molar-refractivity contribution in [2.75, 3.05) is 27.2 Å². The second kappa shape index (κ2) is 9.87. The van der Waals surface area contributed by atoms with Crippen molar-refractivity contribution in [1.82, 2.24) is 14.4 Å². The van der Waals surface area contributed by atoms with E-state index in [0.29, 0.717) is 36.6 Å². The molecule has 2 aliphatic rings. The van der Waals surface area contributed by atoms with E-state index in [1.807, 2.05) is 46.7 Å². The highest BCUT2D eigenvalue weighted by Gasteiger charge is 2.35. The summed E-state index contributed by atoms with van der Waals surface area (Å²) in [5.74, 6) is -1.41. The van der Waals surface area contributed by atoms with Crippen LogP contribution in [0, 0.1) is 0 Å². The second-order valence-corrected chi connectivity index (χ2v) is 10.6. The Balaban J connectivity index is 1.79. The van der Waals surface area contributed by atoms with Crippen molar-refractivity contribution in [3.05, 3.63) is 58.1 Å². The van der Waals surface area contributed by atoms with Crippen molar-refractivity contribution in [3.8, 4) is 11.3 Å². The molecular formula is C28H31ClFN3O3. The standard InChI is InChI=1S/C28H31ClFN3O3/c1-31(2)11-12-32-15-18-13-19(29)8-10-20(18)27-26(21-5-3-4-6-23(21)30)22-9-7-17(28(35)36)14-24(22)33(27)16-25(32)34/h7-10,13-14,21,23H,3-6,11-12,15-16H2,1-2H3,(H,35,36)/t21-,23-/m0/s1. The number of carboxylic acids is 1. The maximum absolute atomic E-state index is 15.4. The number of carbonyl (C=O) groups excluding carboxylic acids is 1. The van der Waals surface area contributed by atoms with E-state index in [0.717, 1.165) is 47.0 Å². The third-order valence-corrected chi connectivity index (χ3v) is 7.79. The molecule has 8 heteroatoms. The van der Waals surface area contributed by atoms with Crippen LogP contribution >= 0.6 is 11.6 Å². The van der Waals surface area contributed by atoms with Crippen LogP contribution in [-0.4, -0.2) is 64.7 Å². The van der Waals surface area contributed by atoms with Gasteiger partial charge in [-0.25, -0.2) is 9.18 Å². The number of nitrogens with zero attached hydrogens (tertiary/aromatic N) is 3. The number of benzene rings is 2. The summed E-state index contributed by atoms with van der Waals surface area (Å²) < 4.78 is 17.4. The Morgan fingerprint density at radius 1 is 1.14 bits per heavy atom. The first-order valence-electron chi connectivity index (χ1n) is 12.5. The Labute approximate surface area is 215 Å². The molecular weight excluding hydrogens is 481 g/mol. The van der Waals surface area contributed by atoms with Gasteiger partial charge in [-0.3, -0.25) is 4.79 Å². The lowest BCUT2D eigenvalue weighted by atomic mass is 9.80. The fourth-order valence-corrected chi connectivity index (χ4v) is 5.92. The highest BCUT2D eigenvalue weighted by Crippen LogP contribution is 2.47. The quantitative estimate of drug-likeness (QED) is 0.487. The number of alkyl halides is 1. The van der Waals surface area contributed by atoms with Crippen molar-refractivity contribution >= 4 is 34.4 Å². The number of fused-ring (bicyclic) bond motifs is 5. The molecule has 190 valence electrons. The number of carboxylic acid groups (broad SMARTS) is 1. The number of hydrogen-bond acceptors (Lipinski definition) is 3. The van der Waals surface area contributed by atoms with E-state index in [1.54, 1.807) is 18.2 Å². The van der Waals surface area contributed by atoms with Crippen LogP contribution in [0.5, 0.6) is 0 Å². The Bertz CT molecular complexity index is 1340. The topological polar surface area (TPSA) is 65.8 Å². The number of carbonyl (C=O) groups is 2. The lowest BCUT2D eigenvalue weighted by Gasteiger charge is -2.31. The molecule has 2 heterocycles. The Kier molecular flexibility index (Phi) is 6.79. The summed E-state index contributed by atoms with van der Waals surface area (Å²) in [5.41, 5.74) is 4.32. The molecule has 0 radical (unpaired) electrons. The summed E-state index contributed by atoms with van der Waals surface area (Å²) in [6, 6.07) is 10.7. The predicted octanol–water partition coefficient (Wildman–Crippen LogP) is 5.56. The second-order valence-electron chi connectivity index (χ2n) is 10.2. The molecule has 36 heavy (non-hydrogen) atoms. The SMILES string of the molecule is CN(C)CCN1Cc2cc(Cl)ccc2-c2c([C@H]3CCCC[C@@H]3F)c3ccc(C(=O)O)cc3n2CC1=O. The highest BCUT2D eigenvalue weighted by atomic mass is 35.5. The highest BCUT2D eigenvalue weighted by molar-refractivity contribution is 6.30. The first-order chi connectivity index (χ1) is 17.2. The number of amides is 1. The van der Waals surface area contributed by atoms with Gasteiger partial charge in [0.2, 0.25) is 5.91 Å². The maximum atomic E-state index is 15.4. The fraction of sp³-hybridized carbons (Fsp3) is 0.429. The zero-order valence-corrected chi connectivity index (χ0v) is 21.4. The Morgan fingerprint density at radius 3 is 2.64 bits per heavy atom. The molecule has 0 spiro atoms. The lowest BCUT2D eigenvalue weighted by Crippen LogP contribution is -2.39. The molecule has 5 rings (SSSR count). The van der Waals surface area contributed by atoms with Gasteiger partial charge in [0.05, 0.1) is 16.8 Å². The first-order valence-corrected chi connectivity index (χ1v) is 12.9. The summed E-state index contributed by atoms with van der Waals surface area (Å²) in [6.45, 7) is 1.73. The smallest absolute Gasteiger partial charge is 0.335 e. The molecule has 2 atom stereocenters. The van der Waals surface area contributed by atoms with E-state index in [1.165, 1.54) is 0 Å². The monoisotopic (exact) mass is 511 g/mol. The minimum Gasteiger partial charge on any atom is -0.478 e. The van der Waals surface area contributed by atoms with E-state index >= 15 is 4.39 Å². The van der Waals surface area contributed by atoms with Crippen LogP contribution < -0.4 is 0 Å². The molecule has 1 aliphatic heterocycles. The molecule has 0 saturated heterocycles. The van der Waals surface area contributed by atoms with Crippen molar-refractivity contribution in [3.63, 3.8) is 0 Å². The van der Waals surface area contributed by atoms with Crippen LogP contribution in [0.3, 0.4) is 0 Å². The lowest BCUT2D eigenvalue weighted by molar-refractivity contribution is -0.132. The largest absolute Gasteiger partial charge is 0.478 e. The molecule has 0 bridgehead atoms. The molecule has 3 aromatic rings. The first kappa shape index (κ1) is 24.8. The van der Waals surface area contributed by atoms with Crippen molar-refractivity contribution in [2.45, 2.75) is 50.9 Å². The van der Waals surface area contributed by atoms with E-state index < -0.39 is 12.1 Å². The van der Waals surface area contributed by atoms with Crippen LogP contribution in [0.4, 0.5) is 4.39 Å². The fourth-order valence-electron chi connectivity index (χ4n) is 5.73. The van der Waals surface area contributed by atoms with Crippen molar-refractivity contribution < 1.29 is 19.1 Å². The molecule has 1 N–H and O–H groups in total. The van der Waals surface area contributed by atoms with Gasteiger partial charge in [-0.05, 0) is 62.3 Å². The number of halogens is 2. The van der Waals surface area contributed by atoms with Crippen LogP contribution in [0.25, 0.3) is 22.2 Å². The van der Waals surface area contributed by atoms with Gasteiger partial charge >= 0.3 is 5.97 Å². The minimum absolute atomic E-state index is 0.0617. The normalized spacial score (nSPS) is 20.2. The molecule has 1 saturated carbocycles. The molecule has 1 aromatic heterocycles. The third-order valence-electron chi connectivity index (χ3n) is 7.55. The summed E-state index contributed by atoms with van der Waals surface area (Å²) in [7, 11) is 3.93. The van der Waals surface area contributed by atoms with E-state index in [-0.39, 0.29) is 23.9 Å². The summed E-state index contributed by atoms with van der Waals surface area (Å²) in [5, 5.41) is 11.1. The molecule has 2 aromatic carbocycles. The van der Waals surface area contributed by atoms with Gasteiger partial charge in [0.25, 0.3) is 0 Å². The number of aromatic nitrogens is 1. The Morgan fingerprint density at radius 2 is 1.92 bits per heavy atom. The molecule has 0 unspecified atom stereocenters. The van der Waals surface area contributed by atoms with Gasteiger partial charge in [-0.1, -0.05) is 36.6 Å². The van der Waals surface area contributed by atoms with E-state index in [4.69, 9.17) is 11.6 Å². The van der Waals surface area contributed by atoms with Crippen molar-refractivity contribution in [2.24, 2.45) is 0 Å². The van der Waals surface area contributed by atoms with Crippen LogP contribution in [0.1, 0.15) is 53.1 Å². The van der Waals surface area contributed by atoms with Gasteiger partial charge in [0.1, 0.15) is 12.7 Å². The van der Waals surface area contributed by atoms with Gasteiger partial charge in [-0.15, -0.1) is 0 Å². The zero-order chi connectivity index (χ0) is 25.6. The van der Waals surface area contributed by atoms with Gasteiger partial charge in [0.15, 0.2) is 0 Å². The van der Waals surface area contributed by atoms with Crippen LogP contribution in [-0.2, 0) is 17.9 Å². The molecule has 1 amide bonds. The number of hydrogen-bond donors (Lipinski definition) is 1. The van der Waals surface area contributed by atoms with Gasteiger partial charge in [0, 0.05) is 41.5 Å². The van der Waals surface area contributed by atoms with E-state index in [9.17, 15) is 14.7 Å².